The Morgan fingerprint density at radius 1 is 1.31 bits per heavy atom. The summed E-state index contributed by atoms with van der Waals surface area (Å²) in [5.41, 5.74) is 0. The molecule has 2 heteroatoms. The van der Waals surface area contributed by atoms with E-state index >= 15 is 0 Å². The van der Waals surface area contributed by atoms with E-state index in [9.17, 15) is 4.79 Å². The fraction of sp³-hybridized carbons (Fsp3) is 0.909. The molecule has 0 aromatic heterocycles. The number of rotatable bonds is 3. The molecule has 76 valence electrons. The van der Waals surface area contributed by atoms with E-state index in [1.807, 2.05) is 0 Å². The first-order valence-corrected chi connectivity index (χ1v) is 5.48. The second kappa shape index (κ2) is 4.64. The van der Waals surface area contributed by atoms with Gasteiger partial charge in [0.05, 0.1) is 0 Å². The lowest BCUT2D eigenvalue weighted by atomic mass is 10.2. The van der Waals surface area contributed by atoms with Gasteiger partial charge >= 0.3 is 0 Å². The Bertz CT molecular complexity index is 169. The Kier molecular flexibility index (Phi) is 3.76. The minimum Gasteiger partial charge on any atom is -0.337 e. The summed E-state index contributed by atoms with van der Waals surface area (Å²) in [7, 11) is 0. The average Bonchev–Trinajstić information content (AvgIpc) is 2.42. The van der Waals surface area contributed by atoms with Crippen molar-refractivity contribution >= 4 is 5.91 Å². The van der Waals surface area contributed by atoms with Crippen molar-refractivity contribution in [2.24, 2.45) is 0 Å². The maximum absolute atomic E-state index is 11.8. The Hall–Kier alpha value is -0.530. The van der Waals surface area contributed by atoms with Crippen LogP contribution in [-0.2, 0) is 4.79 Å². The fourth-order valence-corrected chi connectivity index (χ4v) is 2.14. The van der Waals surface area contributed by atoms with Gasteiger partial charge in [0.15, 0.2) is 0 Å². The summed E-state index contributed by atoms with van der Waals surface area (Å²) >= 11 is 0. The van der Waals surface area contributed by atoms with Gasteiger partial charge in [-0.15, -0.1) is 0 Å². The lowest BCUT2D eigenvalue weighted by Gasteiger charge is -2.26. The SMILES string of the molecule is CCCCC(=O)N1C(C)CCC1C. The second-order valence-corrected chi connectivity index (χ2v) is 4.18. The summed E-state index contributed by atoms with van der Waals surface area (Å²) in [6.45, 7) is 6.45. The van der Waals surface area contributed by atoms with Crippen LogP contribution in [0.5, 0.6) is 0 Å². The van der Waals surface area contributed by atoms with Gasteiger partial charge in [-0.05, 0) is 33.1 Å². The zero-order valence-electron chi connectivity index (χ0n) is 9.05. The molecule has 0 saturated carbocycles. The van der Waals surface area contributed by atoms with E-state index in [4.69, 9.17) is 0 Å². The maximum Gasteiger partial charge on any atom is 0.223 e. The molecule has 0 bridgehead atoms. The summed E-state index contributed by atoms with van der Waals surface area (Å²) < 4.78 is 0. The van der Waals surface area contributed by atoms with Crippen molar-refractivity contribution < 1.29 is 4.79 Å². The maximum atomic E-state index is 11.8. The van der Waals surface area contributed by atoms with Crippen LogP contribution in [-0.4, -0.2) is 22.9 Å². The van der Waals surface area contributed by atoms with Crippen molar-refractivity contribution in [2.45, 2.75) is 65.0 Å². The van der Waals surface area contributed by atoms with Crippen LogP contribution < -0.4 is 0 Å². The topological polar surface area (TPSA) is 20.3 Å². The lowest BCUT2D eigenvalue weighted by Crippen LogP contribution is -2.38. The van der Waals surface area contributed by atoms with Crippen molar-refractivity contribution in [1.29, 1.82) is 0 Å². The van der Waals surface area contributed by atoms with E-state index in [2.05, 4.69) is 25.7 Å². The molecule has 2 atom stereocenters. The van der Waals surface area contributed by atoms with Gasteiger partial charge in [0.1, 0.15) is 0 Å². The number of nitrogens with zero attached hydrogens (tertiary/aromatic N) is 1. The third-order valence-electron chi connectivity index (χ3n) is 2.98. The molecule has 0 aromatic carbocycles. The molecule has 0 spiro atoms. The van der Waals surface area contributed by atoms with Gasteiger partial charge in [-0.3, -0.25) is 4.79 Å². The van der Waals surface area contributed by atoms with Gasteiger partial charge in [0.25, 0.3) is 0 Å². The van der Waals surface area contributed by atoms with Crippen molar-refractivity contribution in [3.63, 3.8) is 0 Å². The normalized spacial score (nSPS) is 28.1. The predicted molar refractivity (Wildman–Crippen MR) is 54.5 cm³/mol. The number of likely N-dealkylation sites (tertiary alicyclic amines) is 1. The molecule has 1 aliphatic rings. The van der Waals surface area contributed by atoms with Crippen molar-refractivity contribution in [1.82, 2.24) is 4.90 Å². The molecule has 1 heterocycles. The highest BCUT2D eigenvalue weighted by Gasteiger charge is 2.30. The summed E-state index contributed by atoms with van der Waals surface area (Å²) in [5.74, 6) is 0.361. The molecule has 1 amide bonds. The molecule has 0 N–H and O–H groups in total. The quantitative estimate of drug-likeness (QED) is 0.658. The van der Waals surface area contributed by atoms with Crippen molar-refractivity contribution in [3.05, 3.63) is 0 Å². The zero-order chi connectivity index (χ0) is 9.84. The molecule has 1 aliphatic heterocycles. The molecule has 2 unspecified atom stereocenters. The number of hydrogen-bond donors (Lipinski definition) is 0. The average molecular weight is 183 g/mol. The van der Waals surface area contributed by atoms with Crippen LogP contribution >= 0.6 is 0 Å². The smallest absolute Gasteiger partial charge is 0.223 e. The Morgan fingerprint density at radius 2 is 1.85 bits per heavy atom. The molecule has 0 radical (unpaired) electrons. The van der Waals surface area contributed by atoms with Gasteiger partial charge in [-0.2, -0.15) is 0 Å². The highest BCUT2D eigenvalue weighted by Crippen LogP contribution is 2.24. The molecule has 0 aromatic rings. The molecule has 2 nitrogen and oxygen atoms in total. The van der Waals surface area contributed by atoms with Crippen LogP contribution in [0.3, 0.4) is 0 Å². The summed E-state index contributed by atoms with van der Waals surface area (Å²) in [4.78, 5) is 13.8. The van der Waals surface area contributed by atoms with E-state index in [0.29, 0.717) is 18.0 Å². The summed E-state index contributed by atoms with van der Waals surface area (Å²) in [5, 5.41) is 0. The molecule has 1 fully saturated rings. The van der Waals surface area contributed by atoms with E-state index in [-0.39, 0.29) is 0 Å². The molecule has 1 saturated heterocycles. The second-order valence-electron chi connectivity index (χ2n) is 4.18. The van der Waals surface area contributed by atoms with Crippen LogP contribution in [0.25, 0.3) is 0 Å². The summed E-state index contributed by atoms with van der Waals surface area (Å²) in [6.07, 6.45) is 5.25. The number of carbonyl (C=O) groups excluding carboxylic acids is 1. The molecule has 13 heavy (non-hydrogen) atoms. The molecule has 0 aliphatic carbocycles. The number of hydrogen-bond acceptors (Lipinski definition) is 1. The monoisotopic (exact) mass is 183 g/mol. The van der Waals surface area contributed by atoms with Crippen LogP contribution in [0, 0.1) is 0 Å². The number of carbonyl (C=O) groups is 1. The first-order valence-electron chi connectivity index (χ1n) is 5.48. The van der Waals surface area contributed by atoms with Crippen molar-refractivity contribution in [2.75, 3.05) is 0 Å². The van der Waals surface area contributed by atoms with Crippen LogP contribution in [0.1, 0.15) is 52.9 Å². The molecule has 1 rings (SSSR count). The van der Waals surface area contributed by atoms with Gasteiger partial charge in [-0.25, -0.2) is 0 Å². The van der Waals surface area contributed by atoms with Crippen LogP contribution in [0.2, 0.25) is 0 Å². The van der Waals surface area contributed by atoms with Crippen LogP contribution in [0.4, 0.5) is 0 Å². The molecular weight excluding hydrogens is 162 g/mol. The zero-order valence-corrected chi connectivity index (χ0v) is 9.05. The minimum atomic E-state index is 0.361. The third kappa shape index (κ3) is 2.45. The summed E-state index contributed by atoms with van der Waals surface area (Å²) in [6, 6.07) is 0.943. The lowest BCUT2D eigenvalue weighted by molar-refractivity contribution is -0.133. The van der Waals surface area contributed by atoms with E-state index in [0.717, 1.165) is 19.3 Å². The van der Waals surface area contributed by atoms with E-state index in [1.54, 1.807) is 0 Å². The van der Waals surface area contributed by atoms with Gasteiger partial charge in [0.2, 0.25) is 5.91 Å². The Morgan fingerprint density at radius 3 is 2.31 bits per heavy atom. The van der Waals surface area contributed by atoms with Crippen molar-refractivity contribution in [3.8, 4) is 0 Å². The van der Waals surface area contributed by atoms with Gasteiger partial charge in [-0.1, -0.05) is 13.3 Å². The standard InChI is InChI=1S/C11H21NO/c1-4-5-6-11(13)12-9(2)7-8-10(12)3/h9-10H,4-8H2,1-3H3. The van der Waals surface area contributed by atoms with Gasteiger partial charge in [0, 0.05) is 18.5 Å². The molecular formula is C11H21NO. The number of amides is 1. The first-order chi connectivity index (χ1) is 6.16. The van der Waals surface area contributed by atoms with E-state index < -0.39 is 0 Å². The predicted octanol–water partition coefficient (Wildman–Crippen LogP) is 2.58. The Labute approximate surface area is 81.3 Å². The highest BCUT2D eigenvalue weighted by molar-refractivity contribution is 5.77. The Balaban J connectivity index is 2.44. The van der Waals surface area contributed by atoms with E-state index in [1.165, 1.54) is 12.8 Å². The highest BCUT2D eigenvalue weighted by atomic mass is 16.2. The minimum absolute atomic E-state index is 0.361. The van der Waals surface area contributed by atoms with Crippen LogP contribution in [0.15, 0.2) is 0 Å². The number of unbranched alkanes of at least 4 members (excludes halogenated alkanes) is 1. The fourth-order valence-electron chi connectivity index (χ4n) is 2.14. The first kappa shape index (κ1) is 10.6. The third-order valence-corrected chi connectivity index (χ3v) is 2.98. The largest absolute Gasteiger partial charge is 0.337 e. The van der Waals surface area contributed by atoms with Gasteiger partial charge < -0.3 is 4.90 Å².